The Balaban J connectivity index is 0.00000324. The average Bonchev–Trinajstić information content (AvgIpc) is 3.70. The molecule has 2 atom stereocenters. The van der Waals surface area contributed by atoms with Crippen molar-refractivity contribution < 1.29 is 9.53 Å². The molecule has 4 heteroatoms. The van der Waals surface area contributed by atoms with Crippen molar-refractivity contribution in [2.75, 3.05) is 20.1 Å². The van der Waals surface area contributed by atoms with E-state index >= 15 is 0 Å². The average molecular weight is 478 g/mol. The Labute approximate surface area is 210 Å². The number of rotatable bonds is 11. The third-order valence-electron chi connectivity index (χ3n) is 6.77. The van der Waals surface area contributed by atoms with Crippen LogP contribution < -0.4 is 0 Å². The molecule has 34 heavy (non-hydrogen) atoms. The fourth-order valence-corrected chi connectivity index (χ4v) is 4.63. The molecule has 0 aliphatic heterocycles. The largest absolute Gasteiger partial charge is 0.453 e. The van der Waals surface area contributed by atoms with Gasteiger partial charge in [0, 0.05) is 25.4 Å². The Morgan fingerprint density at radius 2 is 1.44 bits per heavy atom. The third-order valence-corrected chi connectivity index (χ3v) is 6.77. The lowest BCUT2D eigenvalue weighted by molar-refractivity contribution is -0.170. The van der Waals surface area contributed by atoms with Crippen LogP contribution >= 0.6 is 12.4 Å². The molecule has 4 rings (SSSR count). The molecule has 1 aliphatic carbocycles. The van der Waals surface area contributed by atoms with E-state index in [9.17, 15) is 4.79 Å². The summed E-state index contributed by atoms with van der Waals surface area (Å²) in [6.07, 6.45) is 3.56. The van der Waals surface area contributed by atoms with Gasteiger partial charge in [0.25, 0.3) is 0 Å². The molecule has 1 aliphatic rings. The molecule has 3 aromatic carbocycles. The Morgan fingerprint density at radius 3 is 2.00 bits per heavy atom. The van der Waals surface area contributed by atoms with Gasteiger partial charge >= 0.3 is 5.97 Å². The van der Waals surface area contributed by atoms with Crippen LogP contribution in [0.5, 0.6) is 0 Å². The third kappa shape index (κ3) is 6.71. The first-order valence-corrected chi connectivity index (χ1v) is 12.1. The van der Waals surface area contributed by atoms with E-state index in [1.807, 2.05) is 24.3 Å². The van der Waals surface area contributed by atoms with Crippen LogP contribution in [0.15, 0.2) is 91.0 Å². The van der Waals surface area contributed by atoms with E-state index in [1.165, 1.54) is 11.1 Å². The van der Waals surface area contributed by atoms with Crippen LogP contribution in [0, 0.1) is 11.8 Å². The monoisotopic (exact) mass is 477 g/mol. The molecule has 0 radical (unpaired) electrons. The maximum atomic E-state index is 13.0. The minimum absolute atomic E-state index is 0. The molecule has 3 nitrogen and oxygen atoms in total. The highest BCUT2D eigenvalue weighted by Crippen LogP contribution is 2.41. The molecule has 0 aromatic heterocycles. The molecular weight excluding hydrogens is 442 g/mol. The molecular formula is C30H36ClNO2. The number of nitrogens with zero attached hydrogens (tertiary/aromatic N) is 1. The fourth-order valence-electron chi connectivity index (χ4n) is 4.63. The first kappa shape index (κ1) is 26.0. The van der Waals surface area contributed by atoms with Gasteiger partial charge in [-0.15, -0.1) is 12.4 Å². The summed E-state index contributed by atoms with van der Waals surface area (Å²) in [6.45, 7) is 4.03. The fraction of sp³-hybridized carbons (Fsp3) is 0.367. The first-order chi connectivity index (χ1) is 16.1. The quantitative estimate of drug-likeness (QED) is 0.303. The molecule has 1 saturated carbocycles. The van der Waals surface area contributed by atoms with Crippen molar-refractivity contribution >= 4 is 18.4 Å². The van der Waals surface area contributed by atoms with E-state index in [4.69, 9.17) is 4.74 Å². The van der Waals surface area contributed by atoms with Gasteiger partial charge in [-0.2, -0.15) is 0 Å². The number of hydrogen-bond acceptors (Lipinski definition) is 3. The Morgan fingerprint density at radius 1 is 0.912 bits per heavy atom. The summed E-state index contributed by atoms with van der Waals surface area (Å²) in [5, 5.41) is 0. The lowest BCUT2D eigenvalue weighted by Crippen LogP contribution is -2.46. The summed E-state index contributed by atoms with van der Waals surface area (Å²) in [6, 6.07) is 31.4. The molecule has 0 saturated heterocycles. The molecule has 1 fully saturated rings. The number of likely N-dealkylation sites (N-methyl/N-ethyl adjacent to an activating group) is 1. The zero-order chi connectivity index (χ0) is 23.1. The summed E-state index contributed by atoms with van der Waals surface area (Å²) in [7, 11) is 2.17. The zero-order valence-corrected chi connectivity index (χ0v) is 21.0. The van der Waals surface area contributed by atoms with Gasteiger partial charge < -0.3 is 9.64 Å². The van der Waals surface area contributed by atoms with E-state index in [0.29, 0.717) is 6.42 Å². The standard InChI is InChI=1S/C30H35NO2.ClH/c1-24(23-31(2)21-20-25-12-6-3-7-13-25)30(28-16-10-5-11-17-28,33-29(32)27-18-19-27)22-26-14-8-4-9-15-26;/h3-17,24,27H,18-23H2,1-2H3;1H. The van der Waals surface area contributed by atoms with Gasteiger partial charge in [-0.1, -0.05) is 97.9 Å². The molecule has 0 heterocycles. The van der Waals surface area contributed by atoms with Crippen molar-refractivity contribution in [2.24, 2.45) is 11.8 Å². The highest BCUT2D eigenvalue weighted by atomic mass is 35.5. The topological polar surface area (TPSA) is 29.5 Å². The summed E-state index contributed by atoms with van der Waals surface area (Å²) in [5.41, 5.74) is 2.90. The van der Waals surface area contributed by atoms with Crippen LogP contribution in [0.3, 0.4) is 0 Å². The minimum atomic E-state index is -0.705. The number of carbonyl (C=O) groups is 1. The lowest BCUT2D eigenvalue weighted by Gasteiger charge is -2.41. The number of esters is 1. The summed E-state index contributed by atoms with van der Waals surface area (Å²) in [4.78, 5) is 15.4. The lowest BCUT2D eigenvalue weighted by atomic mass is 9.77. The van der Waals surface area contributed by atoms with Crippen LogP contribution in [0.4, 0.5) is 0 Å². The van der Waals surface area contributed by atoms with Crippen LogP contribution in [0.25, 0.3) is 0 Å². The van der Waals surface area contributed by atoms with Gasteiger partial charge in [-0.05, 0) is 43.0 Å². The van der Waals surface area contributed by atoms with Gasteiger partial charge in [0.05, 0.1) is 5.92 Å². The van der Waals surface area contributed by atoms with E-state index < -0.39 is 5.60 Å². The van der Waals surface area contributed by atoms with Gasteiger partial charge in [-0.25, -0.2) is 0 Å². The predicted molar refractivity (Wildman–Crippen MR) is 141 cm³/mol. The van der Waals surface area contributed by atoms with E-state index in [1.54, 1.807) is 0 Å². The Hall–Kier alpha value is -2.62. The van der Waals surface area contributed by atoms with E-state index in [0.717, 1.165) is 37.9 Å². The molecule has 3 aromatic rings. The number of carbonyl (C=O) groups excluding carboxylic acids is 1. The highest BCUT2D eigenvalue weighted by Gasteiger charge is 2.45. The smallest absolute Gasteiger partial charge is 0.309 e. The number of hydrogen-bond donors (Lipinski definition) is 0. The van der Waals surface area contributed by atoms with Crippen LogP contribution in [-0.4, -0.2) is 31.0 Å². The molecule has 0 amide bonds. The maximum Gasteiger partial charge on any atom is 0.309 e. The van der Waals surface area contributed by atoms with Crippen molar-refractivity contribution in [1.82, 2.24) is 4.90 Å². The highest BCUT2D eigenvalue weighted by molar-refractivity contribution is 5.85. The first-order valence-electron chi connectivity index (χ1n) is 12.1. The second kappa shape index (κ2) is 12.2. The normalized spacial score (nSPS) is 15.7. The van der Waals surface area contributed by atoms with Gasteiger partial charge in [0.1, 0.15) is 5.60 Å². The summed E-state index contributed by atoms with van der Waals surface area (Å²) >= 11 is 0. The second-order valence-electron chi connectivity index (χ2n) is 9.51. The van der Waals surface area contributed by atoms with Crippen LogP contribution in [0.1, 0.15) is 36.5 Å². The number of halogens is 1. The van der Waals surface area contributed by atoms with E-state index in [-0.39, 0.29) is 30.2 Å². The Kier molecular flexibility index (Phi) is 9.32. The van der Waals surface area contributed by atoms with Gasteiger partial charge in [0.2, 0.25) is 0 Å². The summed E-state index contributed by atoms with van der Waals surface area (Å²) in [5.74, 6) is 0.129. The van der Waals surface area contributed by atoms with Crippen molar-refractivity contribution in [2.45, 2.75) is 38.2 Å². The number of ether oxygens (including phenoxy) is 1. The van der Waals surface area contributed by atoms with Crippen molar-refractivity contribution in [3.63, 3.8) is 0 Å². The molecule has 0 spiro atoms. The minimum Gasteiger partial charge on any atom is -0.453 e. The SMILES string of the molecule is CC(CN(C)CCc1ccccc1)C(Cc1ccccc1)(OC(=O)C1CC1)c1ccccc1.Cl. The maximum absolute atomic E-state index is 13.0. The molecule has 0 N–H and O–H groups in total. The van der Waals surface area contributed by atoms with Crippen LogP contribution in [-0.2, 0) is 28.0 Å². The van der Waals surface area contributed by atoms with Crippen molar-refractivity contribution in [3.8, 4) is 0 Å². The zero-order valence-electron chi connectivity index (χ0n) is 20.2. The Bertz CT molecular complexity index is 1010. The van der Waals surface area contributed by atoms with Crippen molar-refractivity contribution in [3.05, 3.63) is 108 Å². The second-order valence-corrected chi connectivity index (χ2v) is 9.51. The van der Waals surface area contributed by atoms with Crippen molar-refractivity contribution in [1.29, 1.82) is 0 Å². The van der Waals surface area contributed by atoms with Gasteiger partial charge in [-0.3, -0.25) is 4.79 Å². The summed E-state index contributed by atoms with van der Waals surface area (Å²) < 4.78 is 6.51. The van der Waals surface area contributed by atoms with Crippen LogP contribution in [0.2, 0.25) is 0 Å². The molecule has 0 bridgehead atoms. The van der Waals surface area contributed by atoms with E-state index in [2.05, 4.69) is 85.6 Å². The molecule has 2 unspecified atom stereocenters. The molecule has 180 valence electrons. The van der Waals surface area contributed by atoms with Gasteiger partial charge in [0.15, 0.2) is 0 Å². The number of benzene rings is 3. The predicted octanol–water partition coefficient (Wildman–Crippen LogP) is 6.31.